The van der Waals surface area contributed by atoms with Gasteiger partial charge in [0.25, 0.3) is 0 Å². The molecule has 12 heavy (non-hydrogen) atoms. The van der Waals surface area contributed by atoms with E-state index in [1.807, 2.05) is 6.08 Å². The molecule has 0 bridgehead atoms. The number of allylic oxidation sites excluding steroid dienone is 3. The van der Waals surface area contributed by atoms with E-state index in [0.29, 0.717) is 0 Å². The Morgan fingerprint density at radius 1 is 0.917 bits per heavy atom. The first-order valence-corrected chi connectivity index (χ1v) is 5.17. The van der Waals surface area contributed by atoms with Crippen LogP contribution in [-0.4, -0.2) is 0 Å². The maximum Gasteiger partial charge on any atom is -0.0351 e. The molecule has 0 aliphatic heterocycles. The van der Waals surface area contributed by atoms with E-state index in [2.05, 4.69) is 25.7 Å². The molecule has 70 valence electrons. The molecule has 0 N–H and O–H groups in total. The summed E-state index contributed by atoms with van der Waals surface area (Å²) < 4.78 is 0. The van der Waals surface area contributed by atoms with E-state index < -0.39 is 0 Å². The van der Waals surface area contributed by atoms with Gasteiger partial charge in [-0.2, -0.15) is 0 Å². The second-order valence-corrected chi connectivity index (χ2v) is 3.19. The van der Waals surface area contributed by atoms with E-state index in [0.717, 1.165) is 0 Å². The van der Waals surface area contributed by atoms with Gasteiger partial charge in [0.05, 0.1) is 0 Å². The van der Waals surface area contributed by atoms with E-state index in [1.165, 1.54) is 44.9 Å². The van der Waals surface area contributed by atoms with Crippen molar-refractivity contribution in [2.45, 2.75) is 51.9 Å². The minimum absolute atomic E-state index is 1.18. The molecule has 0 amide bonds. The SMILES string of the molecule is C=CCCCCC/C=C/CCC. The second-order valence-electron chi connectivity index (χ2n) is 3.19. The van der Waals surface area contributed by atoms with Crippen LogP contribution in [-0.2, 0) is 0 Å². The zero-order valence-corrected chi connectivity index (χ0v) is 8.39. The van der Waals surface area contributed by atoms with Crippen LogP contribution in [0.3, 0.4) is 0 Å². The Hall–Kier alpha value is -0.520. The minimum Gasteiger partial charge on any atom is -0.103 e. The highest BCUT2D eigenvalue weighted by Crippen LogP contribution is 2.04. The molecule has 0 atom stereocenters. The quantitative estimate of drug-likeness (QED) is 0.368. The zero-order chi connectivity index (χ0) is 9.07. The van der Waals surface area contributed by atoms with Crippen LogP contribution in [0, 0.1) is 0 Å². The lowest BCUT2D eigenvalue weighted by Gasteiger charge is -1.94. The molecule has 0 saturated carbocycles. The molecule has 0 saturated heterocycles. The number of hydrogen-bond donors (Lipinski definition) is 0. The topological polar surface area (TPSA) is 0 Å². The summed E-state index contributed by atoms with van der Waals surface area (Å²) in [6.45, 7) is 5.92. The molecule has 0 aromatic carbocycles. The molecule has 0 radical (unpaired) electrons. The maximum atomic E-state index is 3.71. The summed E-state index contributed by atoms with van der Waals surface area (Å²) >= 11 is 0. The fourth-order valence-electron chi connectivity index (χ4n) is 1.13. The largest absolute Gasteiger partial charge is 0.103 e. The fourth-order valence-corrected chi connectivity index (χ4v) is 1.13. The van der Waals surface area contributed by atoms with Crippen LogP contribution in [0.5, 0.6) is 0 Å². The Bertz CT molecular complexity index is 111. The van der Waals surface area contributed by atoms with Crippen molar-refractivity contribution in [3.63, 3.8) is 0 Å². The van der Waals surface area contributed by atoms with Crippen LogP contribution in [0.15, 0.2) is 24.8 Å². The summed E-state index contributed by atoms with van der Waals surface area (Å²) in [6, 6.07) is 0. The standard InChI is InChI=1S/C12H22/c1-3-5-7-9-11-12-10-8-6-4-2/h3,8,10H,1,4-7,9,11-12H2,2H3/b10-8+. The van der Waals surface area contributed by atoms with Gasteiger partial charge in [-0.05, 0) is 32.1 Å². The Balaban J connectivity index is 2.94. The Kier molecular flexibility index (Phi) is 10.0. The van der Waals surface area contributed by atoms with E-state index in [1.54, 1.807) is 0 Å². The van der Waals surface area contributed by atoms with E-state index in [9.17, 15) is 0 Å². The van der Waals surface area contributed by atoms with Gasteiger partial charge in [0.15, 0.2) is 0 Å². The van der Waals surface area contributed by atoms with Gasteiger partial charge in [0, 0.05) is 0 Å². The van der Waals surface area contributed by atoms with Crippen molar-refractivity contribution in [2.24, 2.45) is 0 Å². The predicted molar refractivity (Wildman–Crippen MR) is 57.3 cm³/mol. The van der Waals surface area contributed by atoms with Gasteiger partial charge in [0.1, 0.15) is 0 Å². The predicted octanol–water partition coefficient (Wildman–Crippen LogP) is 4.48. The van der Waals surface area contributed by atoms with Crippen molar-refractivity contribution >= 4 is 0 Å². The third-order valence-electron chi connectivity index (χ3n) is 1.90. The molecule has 0 aliphatic rings. The summed E-state index contributed by atoms with van der Waals surface area (Å²) in [6.07, 6.45) is 15.6. The fraction of sp³-hybridized carbons (Fsp3) is 0.667. The molecule has 0 aliphatic carbocycles. The van der Waals surface area contributed by atoms with Crippen molar-refractivity contribution in [1.29, 1.82) is 0 Å². The first-order valence-electron chi connectivity index (χ1n) is 5.17. The molecule has 0 aromatic rings. The van der Waals surface area contributed by atoms with Crippen LogP contribution in [0.1, 0.15) is 51.9 Å². The highest BCUT2D eigenvalue weighted by molar-refractivity contribution is 4.80. The Labute approximate surface area is 77.4 Å². The Morgan fingerprint density at radius 3 is 2.25 bits per heavy atom. The van der Waals surface area contributed by atoms with Crippen LogP contribution in [0.25, 0.3) is 0 Å². The summed E-state index contributed by atoms with van der Waals surface area (Å²) in [7, 11) is 0. The van der Waals surface area contributed by atoms with Crippen LogP contribution in [0.2, 0.25) is 0 Å². The van der Waals surface area contributed by atoms with E-state index >= 15 is 0 Å². The van der Waals surface area contributed by atoms with Crippen molar-refractivity contribution in [3.8, 4) is 0 Å². The minimum atomic E-state index is 1.18. The van der Waals surface area contributed by atoms with Crippen molar-refractivity contribution in [2.75, 3.05) is 0 Å². The highest BCUT2D eigenvalue weighted by Gasteiger charge is 1.84. The molecule has 0 fully saturated rings. The van der Waals surface area contributed by atoms with Crippen molar-refractivity contribution in [3.05, 3.63) is 24.8 Å². The second kappa shape index (κ2) is 10.5. The average molecular weight is 166 g/mol. The molecule has 0 rings (SSSR count). The van der Waals surface area contributed by atoms with Gasteiger partial charge in [-0.25, -0.2) is 0 Å². The zero-order valence-electron chi connectivity index (χ0n) is 8.39. The van der Waals surface area contributed by atoms with Gasteiger partial charge in [0.2, 0.25) is 0 Å². The van der Waals surface area contributed by atoms with Gasteiger partial charge >= 0.3 is 0 Å². The van der Waals surface area contributed by atoms with E-state index in [4.69, 9.17) is 0 Å². The number of hydrogen-bond acceptors (Lipinski definition) is 0. The molecule has 0 aromatic heterocycles. The smallest absolute Gasteiger partial charge is 0.0351 e. The molecule has 0 spiro atoms. The molecule has 0 heterocycles. The summed E-state index contributed by atoms with van der Waals surface area (Å²) in [5, 5.41) is 0. The van der Waals surface area contributed by atoms with Crippen LogP contribution >= 0.6 is 0 Å². The number of rotatable bonds is 8. The maximum absolute atomic E-state index is 3.71. The lowest BCUT2D eigenvalue weighted by atomic mass is 10.1. The lowest BCUT2D eigenvalue weighted by molar-refractivity contribution is 0.695. The highest BCUT2D eigenvalue weighted by atomic mass is 13.9. The number of unbranched alkanes of at least 4 members (excludes halogenated alkanes) is 5. The van der Waals surface area contributed by atoms with Crippen LogP contribution in [0.4, 0.5) is 0 Å². The lowest BCUT2D eigenvalue weighted by Crippen LogP contribution is -1.74. The normalized spacial score (nSPS) is 10.8. The van der Waals surface area contributed by atoms with Gasteiger partial charge in [-0.15, -0.1) is 6.58 Å². The summed E-state index contributed by atoms with van der Waals surface area (Å²) in [4.78, 5) is 0. The molecular weight excluding hydrogens is 144 g/mol. The molecule has 0 heteroatoms. The third kappa shape index (κ3) is 9.48. The Morgan fingerprint density at radius 2 is 1.58 bits per heavy atom. The summed E-state index contributed by atoms with van der Waals surface area (Å²) in [5.74, 6) is 0. The molecular formula is C12H22. The van der Waals surface area contributed by atoms with Crippen LogP contribution < -0.4 is 0 Å². The first kappa shape index (κ1) is 11.5. The van der Waals surface area contributed by atoms with Gasteiger partial charge in [-0.1, -0.05) is 38.0 Å². The summed E-state index contributed by atoms with van der Waals surface area (Å²) in [5.41, 5.74) is 0. The van der Waals surface area contributed by atoms with E-state index in [-0.39, 0.29) is 0 Å². The van der Waals surface area contributed by atoms with Crippen molar-refractivity contribution < 1.29 is 0 Å². The first-order chi connectivity index (χ1) is 5.91. The van der Waals surface area contributed by atoms with Crippen molar-refractivity contribution in [1.82, 2.24) is 0 Å². The van der Waals surface area contributed by atoms with Gasteiger partial charge < -0.3 is 0 Å². The molecule has 0 nitrogen and oxygen atoms in total. The molecule has 0 unspecified atom stereocenters. The third-order valence-corrected chi connectivity index (χ3v) is 1.90. The average Bonchev–Trinajstić information content (AvgIpc) is 2.10. The monoisotopic (exact) mass is 166 g/mol. The van der Waals surface area contributed by atoms with Gasteiger partial charge in [-0.3, -0.25) is 0 Å².